The molecule has 4 rings (SSSR count). The lowest BCUT2D eigenvalue weighted by atomic mass is 10.1. The number of halogens is 1. The Morgan fingerprint density at radius 3 is 3.03 bits per heavy atom. The van der Waals surface area contributed by atoms with E-state index in [-0.39, 0.29) is 18.5 Å². The molecule has 0 saturated heterocycles. The van der Waals surface area contributed by atoms with Crippen molar-refractivity contribution in [2.75, 3.05) is 13.3 Å². The number of thioether (sulfide) groups is 1. The summed E-state index contributed by atoms with van der Waals surface area (Å²) in [4.78, 5) is 18.1. The van der Waals surface area contributed by atoms with Crippen LogP contribution in [0, 0.1) is 12.7 Å². The molecule has 1 aromatic heterocycles. The summed E-state index contributed by atoms with van der Waals surface area (Å²) >= 11 is 3.21. The van der Waals surface area contributed by atoms with Crippen LogP contribution in [0.4, 0.5) is 4.39 Å². The summed E-state index contributed by atoms with van der Waals surface area (Å²) in [5, 5.41) is 6.01. The average Bonchev–Trinajstić information content (AvgIpc) is 3.17. The molecule has 156 valence electrons. The summed E-state index contributed by atoms with van der Waals surface area (Å²) in [5.41, 5.74) is 3.06. The fourth-order valence-electron chi connectivity index (χ4n) is 3.25. The van der Waals surface area contributed by atoms with E-state index in [4.69, 9.17) is 9.47 Å². The lowest BCUT2D eigenvalue weighted by Crippen LogP contribution is -2.26. The van der Waals surface area contributed by atoms with Crippen LogP contribution >= 0.6 is 23.1 Å². The minimum Gasteiger partial charge on any atom is -0.467 e. The highest BCUT2D eigenvalue weighted by Gasteiger charge is 2.17. The molecule has 0 unspecified atom stereocenters. The van der Waals surface area contributed by atoms with Gasteiger partial charge in [0.25, 0.3) is 5.91 Å². The quantitative estimate of drug-likeness (QED) is 0.534. The Hall–Kier alpha value is -2.42. The largest absolute Gasteiger partial charge is 0.467 e. The molecule has 0 saturated carbocycles. The number of carbonyl (C=O) groups is 1. The van der Waals surface area contributed by atoms with Gasteiger partial charge in [-0.2, -0.15) is 0 Å². The summed E-state index contributed by atoms with van der Waals surface area (Å²) < 4.78 is 24.6. The molecule has 3 aromatic rings. The van der Waals surface area contributed by atoms with E-state index in [1.54, 1.807) is 23.1 Å². The minimum absolute atomic E-state index is 0.151. The van der Waals surface area contributed by atoms with Gasteiger partial charge in [0.2, 0.25) is 0 Å². The molecule has 1 aliphatic rings. The first-order valence-electron chi connectivity index (χ1n) is 9.53. The Balaban J connectivity index is 1.38. The number of aryl methyl sites for hydroxylation is 1. The van der Waals surface area contributed by atoms with Gasteiger partial charge in [0, 0.05) is 28.1 Å². The van der Waals surface area contributed by atoms with Gasteiger partial charge in [-0.25, -0.2) is 9.37 Å². The van der Waals surface area contributed by atoms with Crippen LogP contribution in [0.1, 0.15) is 32.2 Å². The SMILES string of the molecule is Cc1nc(CSc2ccccc2C(=O)NCCc2cc(F)cc3c2OCOC3)cs1. The molecule has 0 bridgehead atoms. The van der Waals surface area contributed by atoms with Crippen LogP contribution in [0.3, 0.4) is 0 Å². The first-order valence-corrected chi connectivity index (χ1v) is 11.4. The minimum atomic E-state index is -0.330. The predicted octanol–water partition coefficient (Wildman–Crippen LogP) is 4.72. The number of hydrogen-bond acceptors (Lipinski definition) is 6. The third-order valence-electron chi connectivity index (χ3n) is 4.61. The van der Waals surface area contributed by atoms with Gasteiger partial charge in [0.1, 0.15) is 11.6 Å². The second-order valence-corrected chi connectivity index (χ2v) is 8.89. The van der Waals surface area contributed by atoms with Crippen molar-refractivity contribution in [2.24, 2.45) is 0 Å². The van der Waals surface area contributed by atoms with Crippen molar-refractivity contribution >= 4 is 29.0 Å². The van der Waals surface area contributed by atoms with E-state index in [0.29, 0.717) is 42.2 Å². The third-order valence-corrected chi connectivity index (χ3v) is 6.53. The highest BCUT2D eigenvalue weighted by molar-refractivity contribution is 7.98. The Morgan fingerprint density at radius 1 is 1.33 bits per heavy atom. The Labute approximate surface area is 182 Å². The lowest BCUT2D eigenvalue weighted by molar-refractivity contribution is -0.0172. The maximum absolute atomic E-state index is 13.9. The smallest absolute Gasteiger partial charge is 0.252 e. The first kappa shape index (κ1) is 20.8. The van der Waals surface area contributed by atoms with Crippen LogP contribution in [0.15, 0.2) is 46.7 Å². The maximum Gasteiger partial charge on any atom is 0.252 e. The number of hydrogen-bond donors (Lipinski definition) is 1. The van der Waals surface area contributed by atoms with Crippen LogP contribution in [0.2, 0.25) is 0 Å². The number of aromatic nitrogens is 1. The molecule has 1 N–H and O–H groups in total. The molecule has 5 nitrogen and oxygen atoms in total. The second-order valence-electron chi connectivity index (χ2n) is 6.81. The topological polar surface area (TPSA) is 60.5 Å². The highest BCUT2D eigenvalue weighted by atomic mass is 32.2. The number of nitrogens with one attached hydrogen (secondary N) is 1. The fourth-order valence-corrected chi connectivity index (χ4v) is 4.92. The number of amides is 1. The normalized spacial score (nSPS) is 12.9. The van der Waals surface area contributed by atoms with Crippen LogP contribution in [-0.4, -0.2) is 24.2 Å². The average molecular weight is 445 g/mol. The Kier molecular flexibility index (Phi) is 6.66. The molecule has 8 heteroatoms. The van der Waals surface area contributed by atoms with Gasteiger partial charge in [0.15, 0.2) is 6.79 Å². The van der Waals surface area contributed by atoms with Crippen LogP contribution in [0.25, 0.3) is 0 Å². The number of thiazole rings is 1. The van der Waals surface area contributed by atoms with Crippen molar-refractivity contribution in [3.05, 3.63) is 75.0 Å². The molecular formula is C22H21FN2O3S2. The molecule has 1 amide bonds. The second kappa shape index (κ2) is 9.59. The summed E-state index contributed by atoms with van der Waals surface area (Å²) in [5.74, 6) is 0.889. The van der Waals surface area contributed by atoms with E-state index in [9.17, 15) is 9.18 Å². The lowest BCUT2D eigenvalue weighted by Gasteiger charge is -2.21. The van der Waals surface area contributed by atoms with Gasteiger partial charge in [-0.05, 0) is 43.2 Å². The summed E-state index contributed by atoms with van der Waals surface area (Å²) in [6.07, 6.45) is 0.471. The van der Waals surface area contributed by atoms with Crippen LogP contribution in [0.5, 0.6) is 5.75 Å². The van der Waals surface area contributed by atoms with Crippen molar-refractivity contribution in [3.63, 3.8) is 0 Å². The summed E-state index contributed by atoms with van der Waals surface area (Å²) in [7, 11) is 0. The number of fused-ring (bicyclic) bond motifs is 1. The van der Waals surface area contributed by atoms with E-state index < -0.39 is 0 Å². The number of benzene rings is 2. The zero-order valence-electron chi connectivity index (χ0n) is 16.4. The Bertz CT molecular complexity index is 1050. The van der Waals surface area contributed by atoms with E-state index in [2.05, 4.69) is 10.3 Å². The summed E-state index contributed by atoms with van der Waals surface area (Å²) in [6, 6.07) is 10.4. The molecule has 0 radical (unpaired) electrons. The predicted molar refractivity (Wildman–Crippen MR) is 116 cm³/mol. The van der Waals surface area contributed by atoms with Crippen LogP contribution < -0.4 is 10.1 Å². The number of carbonyl (C=O) groups excluding carboxylic acids is 1. The molecule has 0 spiro atoms. The van der Waals surface area contributed by atoms with E-state index in [0.717, 1.165) is 21.2 Å². The van der Waals surface area contributed by atoms with E-state index in [1.165, 1.54) is 12.1 Å². The first-order chi connectivity index (χ1) is 14.6. The molecule has 30 heavy (non-hydrogen) atoms. The van der Waals surface area contributed by atoms with Crippen molar-refractivity contribution in [2.45, 2.75) is 30.6 Å². The standard InChI is InChI=1S/C22H21FN2O3S2/c1-14-25-18(11-29-14)12-30-20-5-3-2-4-19(20)22(26)24-7-6-15-8-17(23)9-16-10-27-13-28-21(15)16/h2-5,8-9,11H,6-7,10,12-13H2,1H3,(H,24,26). The zero-order chi connectivity index (χ0) is 20.9. The van der Waals surface area contributed by atoms with E-state index in [1.807, 2.05) is 36.6 Å². The van der Waals surface area contributed by atoms with E-state index >= 15 is 0 Å². The van der Waals surface area contributed by atoms with Gasteiger partial charge >= 0.3 is 0 Å². The number of rotatable bonds is 7. The van der Waals surface area contributed by atoms with Crippen molar-refractivity contribution in [1.82, 2.24) is 10.3 Å². The summed E-state index contributed by atoms with van der Waals surface area (Å²) in [6.45, 7) is 2.84. The number of ether oxygens (including phenoxy) is 2. The fraction of sp³-hybridized carbons (Fsp3) is 0.273. The zero-order valence-corrected chi connectivity index (χ0v) is 18.1. The van der Waals surface area contributed by atoms with Gasteiger partial charge in [-0.1, -0.05) is 12.1 Å². The van der Waals surface area contributed by atoms with Gasteiger partial charge < -0.3 is 14.8 Å². The molecule has 2 heterocycles. The number of nitrogens with zero attached hydrogens (tertiary/aromatic N) is 1. The molecule has 2 aromatic carbocycles. The molecule has 0 fully saturated rings. The Morgan fingerprint density at radius 2 is 2.20 bits per heavy atom. The molecule has 0 aliphatic carbocycles. The molecule has 0 atom stereocenters. The van der Waals surface area contributed by atoms with Crippen molar-refractivity contribution in [3.8, 4) is 5.75 Å². The van der Waals surface area contributed by atoms with Gasteiger partial charge in [-0.3, -0.25) is 4.79 Å². The van der Waals surface area contributed by atoms with Gasteiger partial charge in [0.05, 0.1) is 22.9 Å². The van der Waals surface area contributed by atoms with Gasteiger partial charge in [-0.15, -0.1) is 23.1 Å². The monoisotopic (exact) mass is 444 g/mol. The van der Waals surface area contributed by atoms with Crippen molar-refractivity contribution < 1.29 is 18.7 Å². The highest BCUT2D eigenvalue weighted by Crippen LogP contribution is 2.30. The maximum atomic E-state index is 13.9. The molecule has 1 aliphatic heterocycles. The van der Waals surface area contributed by atoms with Crippen LogP contribution in [-0.2, 0) is 23.5 Å². The molecular weight excluding hydrogens is 423 g/mol. The van der Waals surface area contributed by atoms with Crippen molar-refractivity contribution in [1.29, 1.82) is 0 Å². The third kappa shape index (κ3) is 5.00.